The van der Waals surface area contributed by atoms with Gasteiger partial charge in [0, 0.05) is 43.9 Å². The van der Waals surface area contributed by atoms with Crippen molar-refractivity contribution in [2.24, 2.45) is 4.99 Å². The van der Waals surface area contributed by atoms with Crippen LogP contribution in [0.3, 0.4) is 0 Å². The molecule has 0 aliphatic rings. The summed E-state index contributed by atoms with van der Waals surface area (Å²) in [5.41, 5.74) is 3.10. The van der Waals surface area contributed by atoms with E-state index in [0.29, 0.717) is 56.1 Å². The molecule has 0 amide bonds. The number of rotatable bonds is 12. The number of halogens is 1. The Morgan fingerprint density at radius 3 is 2.06 bits per heavy atom. The standard InChI is InChI=1S/C24H35N3O5.HI/c1-7-31-10-11-32-21-12-17(2)8-9-18(21)15-26-24(25-3)27-16-19-13-22(29-5)23(30-6)14-20(19)28-4;/h8-9,12-14H,7,10-11,15-16H2,1-6H3,(H2,25,26,27);1H. The molecule has 8 nitrogen and oxygen atoms in total. The highest BCUT2D eigenvalue weighted by molar-refractivity contribution is 14.0. The van der Waals surface area contributed by atoms with E-state index in [4.69, 9.17) is 23.7 Å². The topological polar surface area (TPSA) is 82.6 Å². The molecule has 2 aromatic rings. The normalized spacial score (nSPS) is 10.8. The summed E-state index contributed by atoms with van der Waals surface area (Å²) in [6.45, 7) is 6.83. The molecule has 0 aromatic heterocycles. The van der Waals surface area contributed by atoms with Gasteiger partial charge >= 0.3 is 0 Å². The molecule has 0 atom stereocenters. The smallest absolute Gasteiger partial charge is 0.191 e. The minimum Gasteiger partial charge on any atom is -0.496 e. The SMILES string of the molecule is CCOCCOc1cc(C)ccc1CNC(=NC)NCc1cc(OC)c(OC)cc1OC.I. The van der Waals surface area contributed by atoms with Crippen LogP contribution >= 0.6 is 24.0 Å². The molecule has 0 saturated heterocycles. The average Bonchev–Trinajstić information content (AvgIpc) is 2.82. The first-order valence-corrected chi connectivity index (χ1v) is 10.6. The van der Waals surface area contributed by atoms with Crippen LogP contribution in [-0.4, -0.2) is 54.2 Å². The Morgan fingerprint density at radius 2 is 1.45 bits per heavy atom. The van der Waals surface area contributed by atoms with Crippen LogP contribution in [0.25, 0.3) is 0 Å². The van der Waals surface area contributed by atoms with Crippen LogP contribution in [0.2, 0.25) is 0 Å². The van der Waals surface area contributed by atoms with Gasteiger partial charge in [-0.3, -0.25) is 4.99 Å². The first-order chi connectivity index (χ1) is 15.6. The maximum Gasteiger partial charge on any atom is 0.191 e. The second-order valence-electron chi connectivity index (χ2n) is 6.95. The van der Waals surface area contributed by atoms with Crippen molar-refractivity contribution in [3.63, 3.8) is 0 Å². The molecule has 184 valence electrons. The number of hydrogen-bond acceptors (Lipinski definition) is 6. The molecule has 2 aromatic carbocycles. The molecule has 0 radical (unpaired) electrons. The van der Waals surface area contributed by atoms with E-state index in [2.05, 4.69) is 27.8 Å². The first-order valence-electron chi connectivity index (χ1n) is 10.6. The van der Waals surface area contributed by atoms with E-state index in [0.717, 1.165) is 22.4 Å². The summed E-state index contributed by atoms with van der Waals surface area (Å²) in [6.07, 6.45) is 0. The zero-order chi connectivity index (χ0) is 23.3. The third-order valence-electron chi connectivity index (χ3n) is 4.81. The second-order valence-corrected chi connectivity index (χ2v) is 6.95. The van der Waals surface area contributed by atoms with Gasteiger partial charge in [-0.1, -0.05) is 12.1 Å². The minimum atomic E-state index is 0. The van der Waals surface area contributed by atoms with Gasteiger partial charge in [-0.2, -0.15) is 0 Å². The van der Waals surface area contributed by atoms with Gasteiger partial charge in [0.1, 0.15) is 18.1 Å². The summed E-state index contributed by atoms with van der Waals surface area (Å²) < 4.78 is 27.6. The third-order valence-corrected chi connectivity index (χ3v) is 4.81. The van der Waals surface area contributed by atoms with Gasteiger partial charge in [0.2, 0.25) is 0 Å². The molecule has 0 heterocycles. The Morgan fingerprint density at radius 1 is 0.818 bits per heavy atom. The highest BCUT2D eigenvalue weighted by atomic mass is 127. The van der Waals surface area contributed by atoms with Gasteiger partial charge < -0.3 is 34.3 Å². The van der Waals surface area contributed by atoms with E-state index >= 15 is 0 Å². The van der Waals surface area contributed by atoms with E-state index in [1.807, 2.05) is 32.0 Å². The van der Waals surface area contributed by atoms with Crippen LogP contribution in [0.1, 0.15) is 23.6 Å². The summed E-state index contributed by atoms with van der Waals surface area (Å²) in [6, 6.07) is 9.86. The van der Waals surface area contributed by atoms with Gasteiger partial charge in [0.05, 0.1) is 27.9 Å². The van der Waals surface area contributed by atoms with Crippen molar-refractivity contribution in [3.8, 4) is 23.0 Å². The Labute approximate surface area is 214 Å². The van der Waals surface area contributed by atoms with E-state index in [9.17, 15) is 0 Å². The molecule has 0 bridgehead atoms. The molecule has 0 aliphatic carbocycles. The van der Waals surface area contributed by atoms with Crippen LogP contribution < -0.4 is 29.6 Å². The maximum atomic E-state index is 5.93. The number of hydrogen-bond donors (Lipinski definition) is 2. The average molecular weight is 573 g/mol. The number of aliphatic imine (C=N–C) groups is 1. The third kappa shape index (κ3) is 8.81. The molecule has 2 rings (SSSR count). The predicted octanol–water partition coefficient (Wildman–Crippen LogP) is 3.92. The number of nitrogens with one attached hydrogen (secondary N) is 2. The monoisotopic (exact) mass is 573 g/mol. The zero-order valence-electron chi connectivity index (χ0n) is 20.3. The van der Waals surface area contributed by atoms with Crippen molar-refractivity contribution in [2.75, 3.05) is 48.2 Å². The highest BCUT2D eigenvalue weighted by Gasteiger charge is 2.13. The fourth-order valence-corrected chi connectivity index (χ4v) is 3.11. The van der Waals surface area contributed by atoms with Crippen LogP contribution in [0, 0.1) is 6.92 Å². The Hall–Kier alpha value is -2.40. The largest absolute Gasteiger partial charge is 0.496 e. The van der Waals surface area contributed by atoms with Crippen molar-refractivity contribution in [1.29, 1.82) is 0 Å². The Bertz CT molecular complexity index is 893. The minimum absolute atomic E-state index is 0. The molecule has 0 fully saturated rings. The molecule has 0 unspecified atom stereocenters. The maximum absolute atomic E-state index is 5.93. The van der Waals surface area contributed by atoms with Crippen LogP contribution in [-0.2, 0) is 17.8 Å². The number of guanidine groups is 1. The van der Waals surface area contributed by atoms with Crippen molar-refractivity contribution >= 4 is 29.9 Å². The summed E-state index contributed by atoms with van der Waals surface area (Å²) >= 11 is 0. The summed E-state index contributed by atoms with van der Waals surface area (Å²) in [5, 5.41) is 6.65. The summed E-state index contributed by atoms with van der Waals surface area (Å²) in [4.78, 5) is 4.32. The number of nitrogens with zero attached hydrogens (tertiary/aromatic N) is 1. The highest BCUT2D eigenvalue weighted by Crippen LogP contribution is 2.34. The van der Waals surface area contributed by atoms with Crippen LogP contribution in [0.5, 0.6) is 23.0 Å². The number of aryl methyl sites for hydroxylation is 1. The van der Waals surface area contributed by atoms with Crippen molar-refractivity contribution in [2.45, 2.75) is 26.9 Å². The van der Waals surface area contributed by atoms with Gasteiger partial charge in [-0.15, -0.1) is 24.0 Å². The van der Waals surface area contributed by atoms with E-state index in [1.165, 1.54) is 0 Å². The molecular formula is C24H36IN3O5. The van der Waals surface area contributed by atoms with Gasteiger partial charge in [-0.25, -0.2) is 0 Å². The zero-order valence-corrected chi connectivity index (χ0v) is 22.6. The first kappa shape index (κ1) is 28.6. The lowest BCUT2D eigenvalue weighted by Crippen LogP contribution is -2.36. The molecule has 0 saturated carbocycles. The number of benzene rings is 2. The van der Waals surface area contributed by atoms with E-state index < -0.39 is 0 Å². The lowest BCUT2D eigenvalue weighted by atomic mass is 10.1. The molecule has 0 spiro atoms. The predicted molar refractivity (Wildman–Crippen MR) is 142 cm³/mol. The number of methoxy groups -OCH3 is 3. The fourth-order valence-electron chi connectivity index (χ4n) is 3.11. The van der Waals surface area contributed by atoms with Gasteiger partial charge in [-0.05, 0) is 31.5 Å². The lowest BCUT2D eigenvalue weighted by molar-refractivity contribution is 0.110. The van der Waals surface area contributed by atoms with Crippen molar-refractivity contribution < 1.29 is 23.7 Å². The van der Waals surface area contributed by atoms with E-state index in [-0.39, 0.29) is 24.0 Å². The molecule has 0 aliphatic heterocycles. The molecule has 9 heteroatoms. The van der Waals surface area contributed by atoms with Crippen LogP contribution in [0.4, 0.5) is 0 Å². The van der Waals surface area contributed by atoms with Gasteiger partial charge in [0.25, 0.3) is 0 Å². The Balaban J connectivity index is 0.00000544. The van der Waals surface area contributed by atoms with Gasteiger partial charge in [0.15, 0.2) is 17.5 Å². The van der Waals surface area contributed by atoms with Crippen molar-refractivity contribution in [1.82, 2.24) is 10.6 Å². The molecule has 33 heavy (non-hydrogen) atoms. The van der Waals surface area contributed by atoms with Crippen LogP contribution in [0.15, 0.2) is 35.3 Å². The van der Waals surface area contributed by atoms with E-state index in [1.54, 1.807) is 28.4 Å². The summed E-state index contributed by atoms with van der Waals surface area (Å²) in [5.74, 6) is 3.46. The molecule has 2 N–H and O–H groups in total. The van der Waals surface area contributed by atoms with Crippen molar-refractivity contribution in [3.05, 3.63) is 47.0 Å². The summed E-state index contributed by atoms with van der Waals surface area (Å²) in [7, 11) is 6.57. The second kappa shape index (κ2) is 15.4. The molecular weight excluding hydrogens is 537 g/mol. The lowest BCUT2D eigenvalue weighted by Gasteiger charge is -2.17. The number of ether oxygens (including phenoxy) is 5. The Kier molecular flexibility index (Phi) is 13.4. The fraction of sp³-hybridized carbons (Fsp3) is 0.458. The quantitative estimate of drug-likeness (QED) is 0.173.